The van der Waals surface area contributed by atoms with Gasteiger partial charge < -0.3 is 24.3 Å². The summed E-state index contributed by atoms with van der Waals surface area (Å²) in [6, 6.07) is 9.87. The molecule has 0 saturated carbocycles. The van der Waals surface area contributed by atoms with Crippen LogP contribution in [0, 0.1) is 10.1 Å². The third kappa shape index (κ3) is 3.29. The van der Waals surface area contributed by atoms with Crippen molar-refractivity contribution >= 4 is 11.6 Å². The highest BCUT2D eigenvalue weighted by Gasteiger charge is 2.17. The van der Waals surface area contributed by atoms with E-state index in [4.69, 9.17) is 9.26 Å². The van der Waals surface area contributed by atoms with Crippen molar-refractivity contribution < 1.29 is 14.2 Å². The summed E-state index contributed by atoms with van der Waals surface area (Å²) in [6.07, 6.45) is 2.93. The molecule has 3 aromatic rings. The van der Waals surface area contributed by atoms with Crippen LogP contribution in [0.25, 0.3) is 11.3 Å². The van der Waals surface area contributed by atoms with Gasteiger partial charge >= 0.3 is 5.95 Å². The second kappa shape index (κ2) is 6.96. The average Bonchev–Trinajstić information content (AvgIpc) is 3.33. The molecule has 9 heteroatoms. The normalized spacial score (nSPS) is 14.5. The van der Waals surface area contributed by atoms with Crippen LogP contribution in [-0.4, -0.2) is 45.9 Å². The van der Waals surface area contributed by atoms with E-state index in [0.29, 0.717) is 11.5 Å². The number of rotatable bonds is 5. The lowest BCUT2D eigenvalue weighted by molar-refractivity contribution is -0.396. The summed E-state index contributed by atoms with van der Waals surface area (Å²) in [5, 5.41) is 15.0. The van der Waals surface area contributed by atoms with Gasteiger partial charge in [-0.15, -0.1) is 0 Å². The quantitative estimate of drug-likeness (QED) is 0.511. The van der Waals surface area contributed by atoms with Crippen LogP contribution in [0.5, 0.6) is 0 Å². The Kier molecular flexibility index (Phi) is 4.36. The smallest absolute Gasteiger partial charge is 0.390 e. The fourth-order valence-electron chi connectivity index (χ4n) is 2.95. The minimum atomic E-state index is -0.526. The molecule has 1 fully saturated rings. The number of imidazole rings is 1. The Bertz CT molecular complexity index is 896. The molecule has 1 aromatic carbocycles. The van der Waals surface area contributed by atoms with Crippen molar-refractivity contribution in [3.63, 3.8) is 0 Å². The van der Waals surface area contributed by atoms with Crippen LogP contribution >= 0.6 is 0 Å². The molecular formula is C17H17N5O4. The molecule has 26 heavy (non-hydrogen) atoms. The van der Waals surface area contributed by atoms with E-state index in [1.54, 1.807) is 6.07 Å². The highest BCUT2D eigenvalue weighted by Crippen LogP contribution is 2.24. The van der Waals surface area contributed by atoms with Crippen LogP contribution in [0.2, 0.25) is 0 Å². The summed E-state index contributed by atoms with van der Waals surface area (Å²) in [7, 11) is 0. The first kappa shape index (κ1) is 16.3. The van der Waals surface area contributed by atoms with Crippen molar-refractivity contribution in [2.75, 3.05) is 31.2 Å². The lowest BCUT2D eigenvalue weighted by atomic mass is 10.1. The molecule has 1 saturated heterocycles. The lowest BCUT2D eigenvalue weighted by Gasteiger charge is -2.28. The van der Waals surface area contributed by atoms with Crippen molar-refractivity contribution in [2.45, 2.75) is 6.54 Å². The first-order chi connectivity index (χ1) is 12.7. The Labute approximate surface area is 148 Å². The number of benzene rings is 1. The van der Waals surface area contributed by atoms with Gasteiger partial charge in [-0.1, -0.05) is 22.3 Å². The maximum Gasteiger partial charge on any atom is 0.434 e. The molecule has 0 bridgehead atoms. The Morgan fingerprint density at radius 2 is 1.96 bits per heavy atom. The van der Waals surface area contributed by atoms with E-state index < -0.39 is 4.92 Å². The van der Waals surface area contributed by atoms with E-state index in [0.717, 1.165) is 37.6 Å². The van der Waals surface area contributed by atoms with Crippen molar-refractivity contribution in [1.82, 2.24) is 14.7 Å². The number of nitro groups is 1. The van der Waals surface area contributed by atoms with Crippen LogP contribution < -0.4 is 4.90 Å². The second-order valence-electron chi connectivity index (χ2n) is 5.94. The number of morpholine rings is 1. The zero-order valence-electron chi connectivity index (χ0n) is 13.9. The first-order valence-corrected chi connectivity index (χ1v) is 8.25. The summed E-state index contributed by atoms with van der Waals surface area (Å²) in [4.78, 5) is 16.4. The van der Waals surface area contributed by atoms with Crippen molar-refractivity contribution in [2.24, 2.45) is 0 Å². The number of hydrogen-bond donors (Lipinski definition) is 0. The second-order valence-corrected chi connectivity index (χ2v) is 5.94. The van der Waals surface area contributed by atoms with Gasteiger partial charge in [0.1, 0.15) is 24.6 Å². The van der Waals surface area contributed by atoms with Gasteiger partial charge in [-0.25, -0.2) is 4.57 Å². The summed E-state index contributed by atoms with van der Waals surface area (Å²) in [5.74, 6) is 0.302. The van der Waals surface area contributed by atoms with Crippen LogP contribution in [-0.2, 0) is 11.3 Å². The van der Waals surface area contributed by atoms with Gasteiger partial charge in [-0.2, -0.15) is 0 Å². The Balaban J connectivity index is 1.49. The van der Waals surface area contributed by atoms with Gasteiger partial charge in [0.25, 0.3) is 0 Å². The van der Waals surface area contributed by atoms with E-state index in [9.17, 15) is 10.1 Å². The molecule has 0 N–H and O–H groups in total. The Morgan fingerprint density at radius 1 is 1.19 bits per heavy atom. The van der Waals surface area contributed by atoms with Gasteiger partial charge in [-0.3, -0.25) is 0 Å². The lowest BCUT2D eigenvalue weighted by Crippen LogP contribution is -2.36. The molecular weight excluding hydrogens is 338 g/mol. The molecule has 4 rings (SSSR count). The zero-order chi connectivity index (χ0) is 17.9. The Hall–Kier alpha value is -3.20. The maximum atomic E-state index is 10.9. The third-order valence-corrected chi connectivity index (χ3v) is 4.28. The number of aromatic nitrogens is 3. The van der Waals surface area contributed by atoms with Gasteiger partial charge in [0.2, 0.25) is 0 Å². The summed E-state index contributed by atoms with van der Waals surface area (Å²) in [5.41, 5.74) is 2.77. The fraction of sp³-hybridized carbons (Fsp3) is 0.294. The molecule has 9 nitrogen and oxygen atoms in total. The van der Waals surface area contributed by atoms with E-state index in [1.807, 2.05) is 12.1 Å². The predicted molar refractivity (Wildman–Crippen MR) is 93.0 cm³/mol. The largest absolute Gasteiger partial charge is 0.434 e. The van der Waals surface area contributed by atoms with Gasteiger partial charge in [0.05, 0.1) is 13.2 Å². The molecule has 0 unspecified atom stereocenters. The molecule has 2 aromatic heterocycles. The van der Waals surface area contributed by atoms with Gasteiger partial charge in [-0.05, 0) is 17.1 Å². The van der Waals surface area contributed by atoms with Crippen LogP contribution in [0.4, 0.5) is 11.6 Å². The number of anilines is 1. The molecule has 0 amide bonds. The van der Waals surface area contributed by atoms with Gasteiger partial charge in [0.15, 0.2) is 5.76 Å². The third-order valence-electron chi connectivity index (χ3n) is 4.28. The number of ether oxygens (including phenoxy) is 1. The molecule has 1 aliphatic rings. The van der Waals surface area contributed by atoms with Crippen molar-refractivity contribution in [1.29, 1.82) is 0 Å². The molecule has 3 heterocycles. The van der Waals surface area contributed by atoms with Crippen molar-refractivity contribution in [3.05, 3.63) is 58.6 Å². The molecule has 0 aliphatic carbocycles. The minimum Gasteiger partial charge on any atom is -0.390 e. The number of nitrogens with zero attached hydrogens (tertiary/aromatic N) is 5. The monoisotopic (exact) mass is 355 g/mol. The van der Waals surface area contributed by atoms with Gasteiger partial charge in [0, 0.05) is 30.4 Å². The van der Waals surface area contributed by atoms with Crippen LogP contribution in [0.3, 0.4) is 0 Å². The molecule has 0 radical (unpaired) electrons. The zero-order valence-corrected chi connectivity index (χ0v) is 13.9. The molecule has 134 valence electrons. The highest BCUT2D eigenvalue weighted by atomic mass is 16.6. The van der Waals surface area contributed by atoms with E-state index in [1.165, 1.54) is 17.0 Å². The van der Waals surface area contributed by atoms with Crippen molar-refractivity contribution in [3.8, 4) is 11.3 Å². The fourth-order valence-corrected chi connectivity index (χ4v) is 2.95. The highest BCUT2D eigenvalue weighted by molar-refractivity contribution is 5.63. The first-order valence-electron chi connectivity index (χ1n) is 8.25. The molecule has 0 atom stereocenters. The standard InChI is InChI=1S/C17H17N5O4/c23-22(24)17-18-5-6-21(17)12-15-11-16(19-26-15)13-1-3-14(4-2-13)20-7-9-25-10-8-20/h1-6,11H,7-10,12H2. The van der Waals surface area contributed by atoms with Crippen LogP contribution in [0.15, 0.2) is 47.2 Å². The number of hydrogen-bond acceptors (Lipinski definition) is 7. The average molecular weight is 355 g/mol. The summed E-state index contributed by atoms with van der Waals surface area (Å²) in [6.45, 7) is 3.47. The van der Waals surface area contributed by atoms with E-state index >= 15 is 0 Å². The Morgan fingerprint density at radius 3 is 2.69 bits per heavy atom. The molecule has 0 spiro atoms. The van der Waals surface area contributed by atoms with E-state index in [2.05, 4.69) is 27.2 Å². The van der Waals surface area contributed by atoms with E-state index in [-0.39, 0.29) is 12.5 Å². The maximum absolute atomic E-state index is 10.9. The minimum absolute atomic E-state index is 0.204. The SMILES string of the molecule is O=[N+]([O-])c1nccn1Cc1cc(-c2ccc(N3CCOCC3)cc2)no1. The van der Waals surface area contributed by atoms with Crippen LogP contribution in [0.1, 0.15) is 5.76 Å². The predicted octanol–water partition coefficient (Wildman–Crippen LogP) is 2.33. The summed E-state index contributed by atoms with van der Waals surface area (Å²) >= 11 is 0. The summed E-state index contributed by atoms with van der Waals surface area (Å²) < 4.78 is 12.1. The molecule has 1 aliphatic heterocycles. The topological polar surface area (TPSA) is 99.5 Å².